The van der Waals surface area contributed by atoms with E-state index < -0.39 is 16.3 Å². The van der Waals surface area contributed by atoms with Crippen LogP contribution in [0.4, 0.5) is 4.79 Å². The van der Waals surface area contributed by atoms with Gasteiger partial charge in [0.1, 0.15) is 0 Å². The van der Waals surface area contributed by atoms with E-state index >= 15 is 0 Å². The molecule has 4 rings (SSSR count). The molecule has 2 aromatic heterocycles. The first-order valence-corrected chi connectivity index (χ1v) is 10.6. The summed E-state index contributed by atoms with van der Waals surface area (Å²) in [7, 11) is -1.06. The van der Waals surface area contributed by atoms with E-state index in [1.807, 2.05) is 4.40 Å². The monoisotopic (exact) mass is 458 g/mol. The van der Waals surface area contributed by atoms with E-state index in [1.165, 1.54) is 4.72 Å². The van der Waals surface area contributed by atoms with Crippen LogP contribution in [-0.4, -0.2) is 53.4 Å². The number of carbonyl (C=O) groups is 1. The fourth-order valence-corrected chi connectivity index (χ4v) is 3.83. The van der Waals surface area contributed by atoms with Gasteiger partial charge in [-0.2, -0.15) is 13.1 Å². The van der Waals surface area contributed by atoms with Crippen molar-refractivity contribution in [2.24, 2.45) is 0 Å². The smallest absolute Gasteiger partial charge is 0.419 e. The van der Waals surface area contributed by atoms with E-state index in [-0.39, 0.29) is 6.54 Å². The van der Waals surface area contributed by atoms with E-state index in [4.69, 9.17) is 14.6 Å². The summed E-state index contributed by atoms with van der Waals surface area (Å²) < 4.78 is 39.3. The highest BCUT2D eigenvalue weighted by Crippen LogP contribution is 2.33. The van der Waals surface area contributed by atoms with Crippen LogP contribution < -0.4 is 18.9 Å². The van der Waals surface area contributed by atoms with Gasteiger partial charge in [-0.05, 0) is 5.56 Å². The van der Waals surface area contributed by atoms with E-state index in [2.05, 4.69) is 19.9 Å². The molecular weight excluding hydrogens is 440 g/mol. The zero-order chi connectivity index (χ0) is 22.9. The van der Waals surface area contributed by atoms with Crippen LogP contribution in [0.3, 0.4) is 0 Å². The minimum atomic E-state index is -4.15. The van der Waals surface area contributed by atoms with Crippen molar-refractivity contribution < 1.29 is 27.8 Å². The zero-order valence-corrected chi connectivity index (χ0v) is 17.8. The van der Waals surface area contributed by atoms with Crippen molar-refractivity contribution in [2.75, 3.05) is 14.2 Å². The third-order valence-corrected chi connectivity index (χ3v) is 5.60. The van der Waals surface area contributed by atoms with Gasteiger partial charge in [0.25, 0.3) is 0 Å². The molecule has 2 aromatic carbocycles. The minimum Gasteiger partial charge on any atom is -0.493 e. The number of fused-ring (bicyclic) bond motifs is 3. The van der Waals surface area contributed by atoms with Gasteiger partial charge in [0, 0.05) is 24.2 Å². The molecule has 0 atom stereocenters. The number of amides is 1. The summed E-state index contributed by atoms with van der Waals surface area (Å²) in [6.07, 6.45) is -0.0638. The summed E-state index contributed by atoms with van der Waals surface area (Å²) in [4.78, 5) is 14.9. The quantitative estimate of drug-likeness (QED) is 0.374. The highest BCUT2D eigenvalue weighted by atomic mass is 32.2. The molecular formula is C19H18N6O6S. The zero-order valence-electron chi connectivity index (χ0n) is 16.9. The van der Waals surface area contributed by atoms with Gasteiger partial charge in [-0.15, -0.1) is 10.2 Å². The van der Waals surface area contributed by atoms with Crippen molar-refractivity contribution in [1.29, 1.82) is 0 Å². The second kappa shape index (κ2) is 8.28. The molecule has 0 spiro atoms. The van der Waals surface area contributed by atoms with E-state index in [0.29, 0.717) is 34.1 Å². The summed E-state index contributed by atoms with van der Waals surface area (Å²) >= 11 is 0. The van der Waals surface area contributed by atoms with Gasteiger partial charge in [-0.1, -0.05) is 24.3 Å². The number of nitrogens with one attached hydrogen (secondary N) is 2. The minimum absolute atomic E-state index is 0.0900. The molecule has 4 aromatic rings. The molecule has 0 aliphatic heterocycles. The van der Waals surface area contributed by atoms with Crippen LogP contribution in [0.15, 0.2) is 42.6 Å². The highest BCUT2D eigenvalue weighted by Gasteiger charge is 2.16. The molecule has 3 N–H and O–H groups in total. The number of rotatable bonds is 7. The second-order valence-corrected chi connectivity index (χ2v) is 8.10. The molecule has 12 nitrogen and oxygen atoms in total. The van der Waals surface area contributed by atoms with Gasteiger partial charge in [-0.3, -0.25) is 9.38 Å². The molecule has 0 fully saturated rings. The maximum absolute atomic E-state index is 11.6. The lowest BCUT2D eigenvalue weighted by Gasteiger charge is -2.11. The van der Waals surface area contributed by atoms with Crippen molar-refractivity contribution in [2.45, 2.75) is 6.54 Å². The number of aromatic nitrogens is 4. The van der Waals surface area contributed by atoms with Crippen molar-refractivity contribution >= 4 is 33.0 Å². The number of hydrogen-bond donors (Lipinski definition) is 3. The maximum atomic E-state index is 11.6. The van der Waals surface area contributed by atoms with Gasteiger partial charge >= 0.3 is 16.3 Å². The van der Waals surface area contributed by atoms with Crippen LogP contribution in [0.1, 0.15) is 5.56 Å². The number of methoxy groups -OCH3 is 2. The molecule has 0 aliphatic carbocycles. The number of hydrogen-bond acceptors (Lipinski definition) is 8. The fourth-order valence-electron chi connectivity index (χ4n) is 3.17. The summed E-state index contributed by atoms with van der Waals surface area (Å²) in [5.41, 5.74) is 3.27. The summed E-state index contributed by atoms with van der Waals surface area (Å²) in [6.45, 7) is -0.0900. The van der Waals surface area contributed by atoms with Crippen LogP contribution in [-0.2, 0) is 16.8 Å². The molecule has 13 heteroatoms. The summed E-state index contributed by atoms with van der Waals surface area (Å²) in [5, 5.41) is 17.0. The Morgan fingerprint density at radius 1 is 1.09 bits per heavy atom. The van der Waals surface area contributed by atoms with Crippen LogP contribution in [0.2, 0.25) is 0 Å². The Bertz CT molecular complexity index is 1420. The molecule has 1 amide bonds. The number of carboxylic acid groups (broad SMARTS) is 1. The third kappa shape index (κ3) is 4.10. The number of nitrogens with zero attached hydrogens (tertiary/aromatic N) is 4. The second-order valence-electron chi connectivity index (χ2n) is 6.60. The molecule has 0 saturated heterocycles. The molecule has 0 unspecified atom stereocenters. The third-order valence-electron chi connectivity index (χ3n) is 4.63. The fraction of sp³-hybridized carbons (Fsp3) is 0.158. The van der Waals surface area contributed by atoms with Crippen molar-refractivity contribution in [3.8, 4) is 22.9 Å². The van der Waals surface area contributed by atoms with Gasteiger partial charge in [0.15, 0.2) is 23.0 Å². The van der Waals surface area contributed by atoms with Crippen LogP contribution in [0.5, 0.6) is 11.5 Å². The van der Waals surface area contributed by atoms with Crippen molar-refractivity contribution in [1.82, 2.24) is 29.0 Å². The first kappa shape index (κ1) is 21.3. The summed E-state index contributed by atoms with van der Waals surface area (Å²) in [6, 6.07) is 10.5. The van der Waals surface area contributed by atoms with E-state index in [0.717, 1.165) is 11.1 Å². The molecule has 0 bridgehead atoms. The van der Waals surface area contributed by atoms with Crippen LogP contribution >= 0.6 is 0 Å². The average molecular weight is 458 g/mol. The number of benzene rings is 2. The highest BCUT2D eigenvalue weighted by molar-refractivity contribution is 7.88. The predicted octanol–water partition coefficient (Wildman–Crippen LogP) is 1.56. The predicted molar refractivity (Wildman–Crippen MR) is 114 cm³/mol. The van der Waals surface area contributed by atoms with E-state index in [9.17, 15) is 13.2 Å². The first-order valence-electron chi connectivity index (χ1n) is 9.17. The van der Waals surface area contributed by atoms with Gasteiger partial charge in [0.05, 0.1) is 31.4 Å². The number of ether oxygens (including phenoxy) is 2. The van der Waals surface area contributed by atoms with Crippen LogP contribution in [0, 0.1) is 0 Å². The SMILES string of the molecule is COc1cc2ncc3nnc(-c4ccc(CNS(=O)(=O)NC(=O)O)cc4)n3c2cc1OC. The molecule has 0 radical (unpaired) electrons. The molecule has 32 heavy (non-hydrogen) atoms. The Labute approximate surface area is 182 Å². The lowest BCUT2D eigenvalue weighted by molar-refractivity contribution is 0.201. The van der Waals surface area contributed by atoms with Gasteiger partial charge < -0.3 is 14.6 Å². The maximum Gasteiger partial charge on any atom is 0.419 e. The average Bonchev–Trinajstić information content (AvgIpc) is 3.21. The Kier molecular flexibility index (Phi) is 5.50. The Hall–Kier alpha value is -3.97. The van der Waals surface area contributed by atoms with Crippen LogP contribution in [0.25, 0.3) is 28.1 Å². The van der Waals surface area contributed by atoms with Gasteiger partial charge in [-0.25, -0.2) is 9.52 Å². The molecule has 166 valence electrons. The topological polar surface area (TPSA) is 157 Å². The van der Waals surface area contributed by atoms with Gasteiger partial charge in [0.2, 0.25) is 0 Å². The normalized spacial score (nSPS) is 11.6. The lowest BCUT2D eigenvalue weighted by Crippen LogP contribution is -2.39. The molecule has 0 aliphatic rings. The van der Waals surface area contributed by atoms with E-state index in [1.54, 1.807) is 56.8 Å². The lowest BCUT2D eigenvalue weighted by atomic mass is 10.1. The molecule has 2 heterocycles. The van der Waals surface area contributed by atoms with Crippen molar-refractivity contribution in [3.05, 3.63) is 48.2 Å². The Morgan fingerprint density at radius 3 is 2.44 bits per heavy atom. The van der Waals surface area contributed by atoms with Crippen molar-refractivity contribution in [3.63, 3.8) is 0 Å². The molecule has 0 saturated carbocycles. The standard InChI is InChI=1S/C19H18N6O6S/c1-30-15-7-13-14(8-16(15)31-2)25-17(10-20-13)22-23-18(25)12-5-3-11(4-6-12)9-21-32(28,29)24-19(26)27/h3-8,10,21,24H,9H2,1-2H3,(H,26,27). The first-order chi connectivity index (χ1) is 15.3. The summed E-state index contributed by atoms with van der Waals surface area (Å²) in [5.74, 6) is 1.64. The Balaban J connectivity index is 1.69. The largest absolute Gasteiger partial charge is 0.493 e. The Morgan fingerprint density at radius 2 is 1.78 bits per heavy atom.